The molecule has 1 aromatic rings. The summed E-state index contributed by atoms with van der Waals surface area (Å²) < 4.78 is 0. The van der Waals surface area contributed by atoms with Gasteiger partial charge >= 0.3 is 0 Å². The molecule has 1 aromatic carbocycles. The summed E-state index contributed by atoms with van der Waals surface area (Å²) in [6, 6.07) is 10.6. The number of nitrogens with two attached hydrogens (primary N) is 1. The van der Waals surface area contributed by atoms with Gasteiger partial charge in [-0.05, 0) is 44.2 Å². The van der Waals surface area contributed by atoms with Crippen LogP contribution in [0.2, 0.25) is 0 Å². The van der Waals surface area contributed by atoms with Crippen molar-refractivity contribution in [1.82, 2.24) is 9.80 Å². The second-order valence-corrected chi connectivity index (χ2v) is 6.49. The average molecular weight is 317 g/mol. The van der Waals surface area contributed by atoms with Crippen LogP contribution >= 0.6 is 0 Å². The Labute approximate surface area is 138 Å². The zero-order valence-electron chi connectivity index (χ0n) is 13.9. The Kier molecular flexibility index (Phi) is 6.59. The third-order valence-corrected chi connectivity index (χ3v) is 4.48. The van der Waals surface area contributed by atoms with Gasteiger partial charge in [-0.1, -0.05) is 30.3 Å². The van der Waals surface area contributed by atoms with Crippen molar-refractivity contribution in [3.05, 3.63) is 35.9 Å². The van der Waals surface area contributed by atoms with Gasteiger partial charge in [0, 0.05) is 13.1 Å². The zero-order chi connectivity index (χ0) is 16.7. The molecule has 0 saturated carbocycles. The Balaban J connectivity index is 1.69. The Morgan fingerprint density at radius 3 is 2.43 bits per heavy atom. The van der Waals surface area contributed by atoms with Gasteiger partial charge in [0.25, 0.3) is 0 Å². The molecule has 0 spiro atoms. The molecule has 0 radical (unpaired) electrons. The van der Waals surface area contributed by atoms with E-state index in [2.05, 4.69) is 24.3 Å². The first kappa shape index (κ1) is 17.5. The summed E-state index contributed by atoms with van der Waals surface area (Å²) in [7, 11) is 1.75. The van der Waals surface area contributed by atoms with Gasteiger partial charge < -0.3 is 10.6 Å². The van der Waals surface area contributed by atoms with E-state index in [0.717, 1.165) is 32.4 Å². The largest absolute Gasteiger partial charge is 0.369 e. The molecular formula is C18H27N3O2. The van der Waals surface area contributed by atoms with E-state index in [1.165, 1.54) is 12.0 Å². The molecule has 0 unspecified atom stereocenters. The SMILES string of the molecule is CN(CC(N)=O)CC(=O)N1CCC(CCc2ccccc2)CC1. The molecule has 23 heavy (non-hydrogen) atoms. The number of amides is 2. The summed E-state index contributed by atoms with van der Waals surface area (Å²) in [4.78, 5) is 26.6. The molecular weight excluding hydrogens is 290 g/mol. The van der Waals surface area contributed by atoms with Crippen LogP contribution in [0.25, 0.3) is 0 Å². The number of primary amides is 1. The van der Waals surface area contributed by atoms with Gasteiger partial charge in [0.2, 0.25) is 11.8 Å². The highest BCUT2D eigenvalue weighted by atomic mass is 16.2. The van der Waals surface area contributed by atoms with Crippen molar-refractivity contribution in [3.8, 4) is 0 Å². The van der Waals surface area contributed by atoms with Gasteiger partial charge in [0.05, 0.1) is 13.1 Å². The fourth-order valence-electron chi connectivity index (χ4n) is 3.14. The Bertz CT molecular complexity index is 510. The monoisotopic (exact) mass is 317 g/mol. The van der Waals surface area contributed by atoms with E-state index in [9.17, 15) is 9.59 Å². The summed E-state index contributed by atoms with van der Waals surface area (Å²) in [6.07, 6.45) is 4.44. The fraction of sp³-hybridized carbons (Fsp3) is 0.556. The van der Waals surface area contributed by atoms with Crippen LogP contribution in [0, 0.1) is 5.92 Å². The molecule has 0 atom stereocenters. The molecule has 0 bridgehead atoms. The van der Waals surface area contributed by atoms with Crippen molar-refractivity contribution in [2.45, 2.75) is 25.7 Å². The summed E-state index contributed by atoms with van der Waals surface area (Å²) in [5.41, 5.74) is 6.53. The first-order valence-corrected chi connectivity index (χ1v) is 8.33. The number of nitrogens with zero attached hydrogens (tertiary/aromatic N) is 2. The molecule has 5 heteroatoms. The molecule has 1 saturated heterocycles. The molecule has 2 rings (SSSR count). The highest BCUT2D eigenvalue weighted by Crippen LogP contribution is 2.22. The van der Waals surface area contributed by atoms with Crippen molar-refractivity contribution >= 4 is 11.8 Å². The van der Waals surface area contributed by atoms with Crippen LogP contribution in [0.15, 0.2) is 30.3 Å². The van der Waals surface area contributed by atoms with Gasteiger partial charge in [-0.2, -0.15) is 0 Å². The lowest BCUT2D eigenvalue weighted by atomic mass is 9.90. The third kappa shape index (κ3) is 6.02. The van der Waals surface area contributed by atoms with Crippen molar-refractivity contribution in [3.63, 3.8) is 0 Å². The van der Waals surface area contributed by atoms with Crippen molar-refractivity contribution < 1.29 is 9.59 Å². The van der Waals surface area contributed by atoms with Crippen LogP contribution in [-0.2, 0) is 16.0 Å². The van der Waals surface area contributed by atoms with E-state index in [1.54, 1.807) is 11.9 Å². The van der Waals surface area contributed by atoms with Crippen LogP contribution in [0.1, 0.15) is 24.8 Å². The van der Waals surface area contributed by atoms with Crippen LogP contribution < -0.4 is 5.73 Å². The predicted molar refractivity (Wildman–Crippen MR) is 90.8 cm³/mol. The highest BCUT2D eigenvalue weighted by molar-refractivity contribution is 5.80. The van der Waals surface area contributed by atoms with E-state index >= 15 is 0 Å². The quantitative estimate of drug-likeness (QED) is 0.824. The van der Waals surface area contributed by atoms with Gasteiger partial charge in [-0.25, -0.2) is 0 Å². The number of piperidine rings is 1. The Morgan fingerprint density at radius 1 is 1.17 bits per heavy atom. The number of hydrogen-bond donors (Lipinski definition) is 1. The average Bonchev–Trinajstić information content (AvgIpc) is 2.53. The van der Waals surface area contributed by atoms with Crippen LogP contribution in [0.3, 0.4) is 0 Å². The molecule has 0 aromatic heterocycles. The first-order chi connectivity index (χ1) is 11.0. The van der Waals surface area contributed by atoms with Gasteiger partial charge in [0.15, 0.2) is 0 Å². The number of likely N-dealkylation sites (tertiary alicyclic amines) is 1. The molecule has 1 fully saturated rings. The molecule has 1 heterocycles. The maximum atomic E-state index is 12.2. The van der Waals surface area contributed by atoms with E-state index in [1.807, 2.05) is 11.0 Å². The minimum absolute atomic E-state index is 0.0928. The molecule has 2 N–H and O–H groups in total. The smallest absolute Gasteiger partial charge is 0.236 e. The van der Waals surface area contributed by atoms with Crippen LogP contribution in [0.4, 0.5) is 0 Å². The number of rotatable bonds is 7. The molecule has 1 aliphatic heterocycles. The number of hydrogen-bond acceptors (Lipinski definition) is 3. The number of carbonyl (C=O) groups excluding carboxylic acids is 2. The van der Waals surface area contributed by atoms with Crippen LogP contribution in [0.5, 0.6) is 0 Å². The topological polar surface area (TPSA) is 66.6 Å². The molecule has 2 amide bonds. The lowest BCUT2D eigenvalue weighted by molar-refractivity contribution is -0.133. The van der Waals surface area contributed by atoms with E-state index in [-0.39, 0.29) is 19.0 Å². The summed E-state index contributed by atoms with van der Waals surface area (Å²) in [5, 5.41) is 0. The highest BCUT2D eigenvalue weighted by Gasteiger charge is 2.23. The lowest BCUT2D eigenvalue weighted by Gasteiger charge is -2.33. The zero-order valence-corrected chi connectivity index (χ0v) is 13.9. The third-order valence-electron chi connectivity index (χ3n) is 4.48. The first-order valence-electron chi connectivity index (χ1n) is 8.33. The van der Waals surface area contributed by atoms with Crippen LogP contribution in [-0.4, -0.2) is 54.8 Å². The van der Waals surface area contributed by atoms with Gasteiger partial charge in [0.1, 0.15) is 0 Å². The van der Waals surface area contributed by atoms with E-state index in [4.69, 9.17) is 5.73 Å². The maximum absolute atomic E-state index is 12.2. The number of likely N-dealkylation sites (N-methyl/N-ethyl adjacent to an activating group) is 1. The van der Waals surface area contributed by atoms with Crippen molar-refractivity contribution in [1.29, 1.82) is 0 Å². The van der Waals surface area contributed by atoms with E-state index < -0.39 is 5.91 Å². The normalized spacial score (nSPS) is 15.8. The minimum atomic E-state index is -0.403. The summed E-state index contributed by atoms with van der Waals surface area (Å²) >= 11 is 0. The van der Waals surface area contributed by atoms with E-state index in [0.29, 0.717) is 5.92 Å². The molecule has 1 aliphatic rings. The van der Waals surface area contributed by atoms with Crippen molar-refractivity contribution in [2.75, 3.05) is 33.2 Å². The second-order valence-electron chi connectivity index (χ2n) is 6.49. The Hall–Kier alpha value is -1.88. The fourth-order valence-corrected chi connectivity index (χ4v) is 3.14. The molecule has 126 valence electrons. The molecule has 5 nitrogen and oxygen atoms in total. The predicted octanol–water partition coefficient (Wildman–Crippen LogP) is 1.27. The number of carbonyl (C=O) groups is 2. The van der Waals surface area contributed by atoms with Crippen molar-refractivity contribution in [2.24, 2.45) is 11.7 Å². The maximum Gasteiger partial charge on any atom is 0.236 e. The Morgan fingerprint density at radius 2 is 1.83 bits per heavy atom. The van der Waals surface area contributed by atoms with Gasteiger partial charge in [-0.3, -0.25) is 14.5 Å². The molecule has 0 aliphatic carbocycles. The van der Waals surface area contributed by atoms with Gasteiger partial charge in [-0.15, -0.1) is 0 Å². The number of aryl methyl sites for hydroxylation is 1. The summed E-state index contributed by atoms with van der Waals surface area (Å²) in [5.74, 6) is 0.387. The second kappa shape index (κ2) is 8.67. The summed E-state index contributed by atoms with van der Waals surface area (Å²) in [6.45, 7) is 2.03. The lowest BCUT2D eigenvalue weighted by Crippen LogP contribution is -2.44. The number of benzene rings is 1. The standard InChI is InChI=1S/C18H27N3O2/c1-20(13-17(19)22)14-18(23)21-11-9-16(10-12-21)8-7-15-5-3-2-4-6-15/h2-6,16H,7-14H2,1H3,(H2,19,22). The minimum Gasteiger partial charge on any atom is -0.369 e.